The average Bonchev–Trinajstić information content (AvgIpc) is 2.56. The van der Waals surface area contributed by atoms with Crippen molar-refractivity contribution >= 4 is 0 Å². The van der Waals surface area contributed by atoms with Gasteiger partial charge in [-0.3, -0.25) is 0 Å². The van der Waals surface area contributed by atoms with E-state index in [-0.39, 0.29) is 0 Å². The molecule has 0 bridgehead atoms. The fraction of sp³-hybridized carbons (Fsp3) is 1.00. The quantitative estimate of drug-likeness (QED) is 0.390. The molecule has 2 atom stereocenters. The third-order valence-electron chi connectivity index (χ3n) is 5.21. The molecule has 0 aliphatic heterocycles. The van der Waals surface area contributed by atoms with Gasteiger partial charge in [-0.2, -0.15) is 0 Å². The van der Waals surface area contributed by atoms with E-state index in [2.05, 4.69) is 48.5 Å². The average molecular weight is 327 g/mol. The van der Waals surface area contributed by atoms with Gasteiger partial charge in [-0.15, -0.1) is 0 Å². The van der Waals surface area contributed by atoms with Crippen molar-refractivity contribution in [3.63, 3.8) is 0 Å². The van der Waals surface area contributed by atoms with Gasteiger partial charge in [0.05, 0.1) is 0 Å². The Morgan fingerprint density at radius 3 is 1.35 bits per heavy atom. The number of hydrogen-bond acceptors (Lipinski definition) is 0. The minimum atomic E-state index is 0.904. The van der Waals surface area contributed by atoms with Crippen LogP contribution in [0.25, 0.3) is 0 Å². The second kappa shape index (κ2) is 20.0. The van der Waals surface area contributed by atoms with Crippen molar-refractivity contribution in [2.45, 2.75) is 132 Å². The molecule has 0 radical (unpaired) electrons. The van der Waals surface area contributed by atoms with Gasteiger partial charge < -0.3 is 0 Å². The molecule has 142 valence electrons. The molecule has 0 nitrogen and oxygen atoms in total. The van der Waals surface area contributed by atoms with E-state index in [4.69, 9.17) is 0 Å². The molecule has 0 aromatic heterocycles. The zero-order valence-corrected chi connectivity index (χ0v) is 17.9. The topological polar surface area (TPSA) is 0 Å². The van der Waals surface area contributed by atoms with Gasteiger partial charge in [0.25, 0.3) is 0 Å². The van der Waals surface area contributed by atoms with Crippen LogP contribution in [-0.2, 0) is 0 Å². The van der Waals surface area contributed by atoms with Crippen molar-refractivity contribution < 1.29 is 0 Å². The molecule has 23 heavy (non-hydrogen) atoms. The van der Waals surface area contributed by atoms with E-state index < -0.39 is 0 Å². The molecule has 1 aliphatic carbocycles. The van der Waals surface area contributed by atoms with Crippen LogP contribution in [0.3, 0.4) is 0 Å². The van der Waals surface area contributed by atoms with Crippen molar-refractivity contribution in [2.75, 3.05) is 0 Å². The summed E-state index contributed by atoms with van der Waals surface area (Å²) in [6.45, 7) is 15.9. The summed E-state index contributed by atoms with van der Waals surface area (Å²) in [5, 5.41) is 0. The van der Waals surface area contributed by atoms with E-state index in [1.165, 1.54) is 83.5 Å². The summed E-state index contributed by atoms with van der Waals surface area (Å²) >= 11 is 0. The molecule has 0 aromatic carbocycles. The Labute approximate surface area is 150 Å². The molecule has 0 heteroatoms. The minimum Gasteiger partial charge on any atom is -0.0654 e. The molecule has 1 saturated carbocycles. The maximum Gasteiger partial charge on any atom is -0.0389 e. The Bertz CT molecular complexity index is 180. The van der Waals surface area contributed by atoms with E-state index in [1.54, 1.807) is 0 Å². The predicted octanol–water partition coefficient (Wildman–Crippen LogP) is 9.03. The van der Waals surface area contributed by atoms with Gasteiger partial charge in [-0.1, -0.05) is 132 Å². The summed E-state index contributed by atoms with van der Waals surface area (Å²) in [5.74, 6) is 3.04. The predicted molar refractivity (Wildman–Crippen MR) is 110 cm³/mol. The molecular weight excluding hydrogens is 276 g/mol. The highest BCUT2D eigenvalue weighted by Crippen LogP contribution is 2.33. The highest BCUT2D eigenvalue weighted by Gasteiger charge is 2.21. The molecule has 1 rings (SSSR count). The Morgan fingerprint density at radius 1 is 0.652 bits per heavy atom. The molecule has 0 spiro atoms. The summed E-state index contributed by atoms with van der Waals surface area (Å²) in [6.07, 6.45) is 18.5. The second-order valence-corrected chi connectivity index (χ2v) is 7.86. The Hall–Kier alpha value is 0. The van der Waals surface area contributed by atoms with Crippen molar-refractivity contribution in [3.05, 3.63) is 0 Å². The van der Waals surface area contributed by atoms with E-state index >= 15 is 0 Å². The van der Waals surface area contributed by atoms with Crippen LogP contribution in [0.4, 0.5) is 0 Å². The molecule has 0 saturated heterocycles. The lowest BCUT2D eigenvalue weighted by atomic mass is 9.77. The largest absolute Gasteiger partial charge is 0.0654 e. The van der Waals surface area contributed by atoms with Gasteiger partial charge in [0, 0.05) is 0 Å². The summed E-state index contributed by atoms with van der Waals surface area (Å²) in [5.41, 5.74) is 0. The molecule has 1 aliphatic rings. The van der Waals surface area contributed by atoms with Gasteiger partial charge in [-0.25, -0.2) is 0 Å². The standard InChI is InChI=1S/C10H20.C8H18.C5H12/c1-3-9-7-5-6-8-10(9)4-2;1-4-5-6-7-8(2)3;1-3-5-4-2/h9-10H,3-8H2,1-2H3;8H,4-7H2,1-3H3;3-5H2,1-2H3. The normalized spacial score (nSPS) is 20.3. The zero-order chi connectivity index (χ0) is 17.9. The molecule has 0 N–H and O–H groups in total. The van der Waals surface area contributed by atoms with E-state index in [9.17, 15) is 0 Å². The first-order valence-electron chi connectivity index (χ1n) is 11.1. The maximum absolute atomic E-state index is 2.35. The molecule has 0 aromatic rings. The van der Waals surface area contributed by atoms with E-state index in [0.717, 1.165) is 17.8 Å². The van der Waals surface area contributed by atoms with Crippen molar-refractivity contribution in [1.82, 2.24) is 0 Å². The third kappa shape index (κ3) is 18.2. The smallest absolute Gasteiger partial charge is 0.0389 e. The lowest BCUT2D eigenvalue weighted by molar-refractivity contribution is 0.224. The summed E-state index contributed by atoms with van der Waals surface area (Å²) in [7, 11) is 0. The molecule has 0 heterocycles. The second-order valence-electron chi connectivity index (χ2n) is 7.86. The molecule has 0 amide bonds. The van der Waals surface area contributed by atoms with Crippen LogP contribution < -0.4 is 0 Å². The molecule has 2 unspecified atom stereocenters. The summed E-state index contributed by atoms with van der Waals surface area (Å²) in [4.78, 5) is 0. The minimum absolute atomic E-state index is 0.904. The summed E-state index contributed by atoms with van der Waals surface area (Å²) in [6, 6.07) is 0. The van der Waals surface area contributed by atoms with Crippen molar-refractivity contribution in [2.24, 2.45) is 17.8 Å². The van der Waals surface area contributed by atoms with Crippen LogP contribution >= 0.6 is 0 Å². The Balaban J connectivity index is 0. The first kappa shape index (κ1) is 25.2. The van der Waals surface area contributed by atoms with E-state index in [0.29, 0.717) is 0 Å². The van der Waals surface area contributed by atoms with Gasteiger partial charge >= 0.3 is 0 Å². The SMILES string of the molecule is CCC1CCCCC1CC.CCCCC.CCCCCC(C)C. The first-order valence-corrected chi connectivity index (χ1v) is 11.1. The van der Waals surface area contributed by atoms with Crippen LogP contribution in [0.2, 0.25) is 0 Å². The Kier molecular flexibility index (Phi) is 22.0. The van der Waals surface area contributed by atoms with Gasteiger partial charge in [-0.05, 0) is 17.8 Å². The summed E-state index contributed by atoms with van der Waals surface area (Å²) < 4.78 is 0. The number of hydrogen-bond donors (Lipinski definition) is 0. The van der Waals surface area contributed by atoms with Gasteiger partial charge in [0.2, 0.25) is 0 Å². The monoisotopic (exact) mass is 326 g/mol. The van der Waals surface area contributed by atoms with Crippen LogP contribution in [0.15, 0.2) is 0 Å². The number of rotatable bonds is 8. The highest BCUT2D eigenvalue weighted by atomic mass is 14.3. The Morgan fingerprint density at radius 2 is 1.09 bits per heavy atom. The lowest BCUT2D eigenvalue weighted by Crippen LogP contribution is -2.17. The van der Waals surface area contributed by atoms with Crippen molar-refractivity contribution in [1.29, 1.82) is 0 Å². The van der Waals surface area contributed by atoms with Crippen LogP contribution in [0, 0.1) is 17.8 Å². The van der Waals surface area contributed by atoms with Crippen LogP contribution in [0.5, 0.6) is 0 Å². The lowest BCUT2D eigenvalue weighted by Gasteiger charge is -2.29. The number of unbranched alkanes of at least 4 members (excludes halogenated alkanes) is 4. The highest BCUT2D eigenvalue weighted by molar-refractivity contribution is 4.72. The van der Waals surface area contributed by atoms with Gasteiger partial charge in [0.15, 0.2) is 0 Å². The maximum atomic E-state index is 2.35. The van der Waals surface area contributed by atoms with Gasteiger partial charge in [0.1, 0.15) is 0 Å². The fourth-order valence-electron chi connectivity index (χ4n) is 3.52. The van der Waals surface area contributed by atoms with Crippen molar-refractivity contribution in [3.8, 4) is 0 Å². The third-order valence-corrected chi connectivity index (χ3v) is 5.21. The van der Waals surface area contributed by atoms with Crippen LogP contribution in [-0.4, -0.2) is 0 Å². The zero-order valence-electron chi connectivity index (χ0n) is 17.9. The molecular formula is C23H50. The fourth-order valence-corrected chi connectivity index (χ4v) is 3.52. The molecule has 1 fully saturated rings. The van der Waals surface area contributed by atoms with E-state index in [1.807, 2.05) is 0 Å². The van der Waals surface area contributed by atoms with Crippen LogP contribution in [0.1, 0.15) is 132 Å². The first-order chi connectivity index (χ1) is 11.1.